The smallest absolute Gasteiger partial charge is 0.298 e. The summed E-state index contributed by atoms with van der Waals surface area (Å²) >= 11 is 0. The maximum Gasteiger partial charge on any atom is 0.566 e. The van der Waals surface area contributed by atoms with Crippen molar-refractivity contribution in [3.63, 3.8) is 0 Å². The van der Waals surface area contributed by atoms with E-state index in [2.05, 4.69) is 16.4 Å². The van der Waals surface area contributed by atoms with E-state index in [1.165, 1.54) is 6.08 Å². The van der Waals surface area contributed by atoms with E-state index in [1.807, 2.05) is 0 Å². The normalized spacial score (nSPS) is 13.0. The van der Waals surface area contributed by atoms with Crippen molar-refractivity contribution in [2.24, 2.45) is 0 Å². The summed E-state index contributed by atoms with van der Waals surface area (Å²) in [4.78, 5) is 46.9. The Hall–Kier alpha value is -1.80. The molecule has 22 heavy (non-hydrogen) atoms. The molecule has 0 unspecified atom stereocenters. The quantitative estimate of drug-likeness (QED) is 0.445. The van der Waals surface area contributed by atoms with Crippen LogP contribution in [0.3, 0.4) is 0 Å². The highest BCUT2D eigenvalue weighted by atomic mass is 17.3. The van der Waals surface area contributed by atoms with E-state index in [4.69, 9.17) is 14.6 Å². The topological polar surface area (TPSA) is 83.5 Å². The van der Waals surface area contributed by atoms with Gasteiger partial charge < -0.3 is 0 Å². The van der Waals surface area contributed by atoms with Crippen LogP contribution in [0.4, 0.5) is 9.59 Å². The Labute approximate surface area is 130 Å². The minimum atomic E-state index is -1.23. The Morgan fingerprint density at radius 2 is 1.45 bits per heavy atom. The summed E-state index contributed by atoms with van der Waals surface area (Å²) in [7, 11) is 0. The van der Waals surface area contributed by atoms with E-state index in [0.29, 0.717) is 5.06 Å². The lowest BCUT2D eigenvalue weighted by Crippen LogP contribution is -2.41. The summed E-state index contributed by atoms with van der Waals surface area (Å²) in [6.45, 7) is 15.2. The molecular weight excluding hydrogens is 294 g/mol. The van der Waals surface area contributed by atoms with Crippen molar-refractivity contribution in [2.75, 3.05) is 0 Å². The second kappa shape index (κ2) is 8.00. The summed E-state index contributed by atoms with van der Waals surface area (Å²) in [5, 5.41) is 0.618. The molecule has 0 heterocycles. The zero-order chi connectivity index (χ0) is 17.6. The Morgan fingerprint density at radius 1 is 1.00 bits per heavy atom. The first kappa shape index (κ1) is 20.2. The highest BCUT2D eigenvalue weighted by Gasteiger charge is 2.29. The SMILES string of the molecule is C=C[C@@H](C)N(OC(=O)OOC(C)(C)C)C(=O)OOC(C)(C)C. The molecule has 1 atom stereocenters. The average Bonchev–Trinajstić information content (AvgIpc) is 2.37. The molecule has 0 saturated carbocycles. The number of carbonyl (C=O) groups is 2. The molecule has 0 aromatic heterocycles. The molecular formula is C14H25NO7. The van der Waals surface area contributed by atoms with E-state index in [1.54, 1.807) is 48.5 Å². The van der Waals surface area contributed by atoms with Crippen LogP contribution in [0.15, 0.2) is 12.7 Å². The van der Waals surface area contributed by atoms with Gasteiger partial charge in [-0.05, 0) is 48.5 Å². The van der Waals surface area contributed by atoms with Crippen LogP contribution in [0.1, 0.15) is 48.5 Å². The summed E-state index contributed by atoms with van der Waals surface area (Å²) in [6, 6.07) is -0.668. The van der Waals surface area contributed by atoms with E-state index >= 15 is 0 Å². The molecule has 0 bridgehead atoms. The van der Waals surface area contributed by atoms with Crippen molar-refractivity contribution >= 4 is 12.2 Å². The third-order valence-corrected chi connectivity index (χ3v) is 1.79. The lowest BCUT2D eigenvalue weighted by molar-refractivity contribution is -0.336. The summed E-state index contributed by atoms with van der Waals surface area (Å²) in [6.07, 6.45) is -0.887. The molecule has 0 aliphatic heterocycles. The molecule has 0 radical (unpaired) electrons. The predicted octanol–water partition coefficient (Wildman–Crippen LogP) is 3.53. The van der Waals surface area contributed by atoms with E-state index < -0.39 is 29.5 Å². The summed E-state index contributed by atoms with van der Waals surface area (Å²) in [5.41, 5.74) is -1.43. The Balaban J connectivity index is 4.68. The van der Waals surface area contributed by atoms with Gasteiger partial charge in [0.1, 0.15) is 11.2 Å². The largest absolute Gasteiger partial charge is 0.566 e. The lowest BCUT2D eigenvalue weighted by atomic mass is 10.2. The van der Waals surface area contributed by atoms with Gasteiger partial charge in [0.05, 0.1) is 6.04 Å². The minimum Gasteiger partial charge on any atom is -0.298 e. The lowest BCUT2D eigenvalue weighted by Gasteiger charge is -2.25. The molecule has 8 nitrogen and oxygen atoms in total. The van der Waals surface area contributed by atoms with Crippen molar-refractivity contribution in [2.45, 2.75) is 65.7 Å². The van der Waals surface area contributed by atoms with Gasteiger partial charge in [-0.3, -0.25) is 14.6 Å². The Kier molecular flexibility index (Phi) is 7.34. The molecule has 0 fully saturated rings. The zero-order valence-electron chi connectivity index (χ0n) is 14.2. The van der Waals surface area contributed by atoms with Crippen molar-refractivity contribution in [3.8, 4) is 0 Å². The maximum absolute atomic E-state index is 11.9. The van der Waals surface area contributed by atoms with Crippen LogP contribution in [0.25, 0.3) is 0 Å². The van der Waals surface area contributed by atoms with E-state index in [0.717, 1.165) is 0 Å². The molecule has 0 aromatic carbocycles. The van der Waals surface area contributed by atoms with Crippen LogP contribution in [-0.2, 0) is 24.4 Å². The van der Waals surface area contributed by atoms with Gasteiger partial charge in [-0.25, -0.2) is 4.79 Å². The average molecular weight is 319 g/mol. The number of nitrogens with zero attached hydrogens (tertiary/aromatic N) is 1. The van der Waals surface area contributed by atoms with Crippen molar-refractivity contribution in [1.82, 2.24) is 5.06 Å². The van der Waals surface area contributed by atoms with Gasteiger partial charge in [-0.2, -0.15) is 14.6 Å². The van der Waals surface area contributed by atoms with Gasteiger partial charge >= 0.3 is 12.2 Å². The fourth-order valence-electron chi connectivity index (χ4n) is 0.834. The van der Waals surface area contributed by atoms with Crippen molar-refractivity contribution < 1.29 is 34.0 Å². The Bertz CT molecular complexity index is 395. The van der Waals surface area contributed by atoms with Crippen LogP contribution in [0.5, 0.6) is 0 Å². The molecule has 0 rings (SSSR count). The molecule has 0 aliphatic carbocycles. The zero-order valence-corrected chi connectivity index (χ0v) is 14.2. The van der Waals surface area contributed by atoms with Gasteiger partial charge in [0.2, 0.25) is 0 Å². The number of carbonyl (C=O) groups excluding carboxylic acids is 2. The monoisotopic (exact) mass is 319 g/mol. The second-order valence-corrected chi connectivity index (χ2v) is 6.47. The molecule has 0 N–H and O–H groups in total. The van der Waals surface area contributed by atoms with Crippen LogP contribution >= 0.6 is 0 Å². The predicted molar refractivity (Wildman–Crippen MR) is 77.2 cm³/mol. The van der Waals surface area contributed by atoms with Gasteiger partial charge in [-0.15, -0.1) is 11.6 Å². The standard InChI is InChI=1S/C14H25NO7/c1-9-10(2)15(11(16)19-21-13(3,4)5)18-12(17)20-22-14(6,7)8/h9-10H,1H2,2-8H3/t10-/m1/s1. The molecule has 128 valence electrons. The minimum absolute atomic E-state index is 0.618. The van der Waals surface area contributed by atoms with Crippen LogP contribution in [0, 0.1) is 0 Å². The molecule has 1 amide bonds. The van der Waals surface area contributed by atoms with Gasteiger partial charge in [0.25, 0.3) is 0 Å². The fourth-order valence-corrected chi connectivity index (χ4v) is 0.834. The van der Waals surface area contributed by atoms with E-state index in [-0.39, 0.29) is 0 Å². The number of amides is 1. The molecule has 8 heteroatoms. The first-order valence-corrected chi connectivity index (χ1v) is 6.75. The Morgan fingerprint density at radius 3 is 1.86 bits per heavy atom. The molecule has 0 aromatic rings. The number of rotatable bonds is 4. The molecule has 0 saturated heterocycles. The van der Waals surface area contributed by atoms with E-state index in [9.17, 15) is 9.59 Å². The highest BCUT2D eigenvalue weighted by molar-refractivity contribution is 5.69. The third-order valence-electron chi connectivity index (χ3n) is 1.79. The fraction of sp³-hybridized carbons (Fsp3) is 0.714. The number of hydrogen-bond acceptors (Lipinski definition) is 7. The van der Waals surface area contributed by atoms with Crippen LogP contribution in [0.2, 0.25) is 0 Å². The first-order valence-electron chi connectivity index (χ1n) is 6.75. The number of hydrogen-bond donors (Lipinski definition) is 0. The first-order chi connectivity index (χ1) is 9.85. The maximum atomic E-state index is 11.9. The summed E-state index contributed by atoms with van der Waals surface area (Å²) in [5.74, 6) is 0. The van der Waals surface area contributed by atoms with Crippen molar-refractivity contribution in [3.05, 3.63) is 12.7 Å². The second-order valence-electron chi connectivity index (χ2n) is 6.47. The molecule has 0 aliphatic rings. The van der Waals surface area contributed by atoms with Gasteiger partial charge in [0.15, 0.2) is 0 Å². The third kappa shape index (κ3) is 9.19. The summed E-state index contributed by atoms with van der Waals surface area (Å²) < 4.78 is 0. The number of hydroxylamine groups is 2. The highest BCUT2D eigenvalue weighted by Crippen LogP contribution is 2.13. The van der Waals surface area contributed by atoms with Gasteiger partial charge in [-0.1, -0.05) is 6.08 Å². The van der Waals surface area contributed by atoms with Gasteiger partial charge in [0, 0.05) is 0 Å². The van der Waals surface area contributed by atoms with Crippen LogP contribution < -0.4 is 0 Å². The molecule has 0 spiro atoms. The van der Waals surface area contributed by atoms with Crippen molar-refractivity contribution in [1.29, 1.82) is 0 Å². The van der Waals surface area contributed by atoms with Crippen LogP contribution in [-0.4, -0.2) is 34.6 Å².